The van der Waals surface area contributed by atoms with E-state index in [2.05, 4.69) is 0 Å². The number of pyridine rings is 1. The molecule has 3 rings (SSSR count). The normalized spacial score (nSPS) is 10.7. The van der Waals surface area contributed by atoms with Gasteiger partial charge in [0.2, 0.25) is 0 Å². The van der Waals surface area contributed by atoms with Gasteiger partial charge in [-0.25, -0.2) is 0 Å². The second-order valence-corrected chi connectivity index (χ2v) is 5.55. The molecule has 0 bridgehead atoms. The molecule has 2 heterocycles. The van der Waals surface area contributed by atoms with Gasteiger partial charge in [0.15, 0.2) is 5.78 Å². The molecule has 3 aromatic rings. The number of carbonyl (C=O) groups excluding carboxylic acids is 1. The summed E-state index contributed by atoms with van der Waals surface area (Å²) in [7, 11) is 1.59. The minimum absolute atomic E-state index is 0.0556. The van der Waals surface area contributed by atoms with Crippen molar-refractivity contribution >= 4 is 27.9 Å². The summed E-state index contributed by atoms with van der Waals surface area (Å²) in [5, 5.41) is 3.24. The smallest absolute Gasteiger partial charge is 0.258 e. The number of hydrogen-bond donors (Lipinski definition) is 0. The van der Waals surface area contributed by atoms with E-state index in [1.807, 2.05) is 23.6 Å². The highest BCUT2D eigenvalue weighted by molar-refractivity contribution is 7.12. The molecule has 0 fully saturated rings. The fourth-order valence-corrected chi connectivity index (χ4v) is 2.84. The molecule has 0 unspecified atom stereocenters. The highest BCUT2D eigenvalue weighted by Gasteiger charge is 2.10. The van der Waals surface area contributed by atoms with E-state index in [1.165, 1.54) is 15.9 Å². The van der Waals surface area contributed by atoms with Gasteiger partial charge in [-0.1, -0.05) is 6.07 Å². The average molecular weight is 299 g/mol. The number of Topliss-reactive ketones (excluding diaryl/α,β-unsaturated/α-hetero) is 1. The van der Waals surface area contributed by atoms with Crippen LogP contribution in [0.1, 0.15) is 9.67 Å². The number of nitrogens with zero attached hydrogens (tertiary/aromatic N) is 1. The third-order valence-corrected chi connectivity index (χ3v) is 4.20. The van der Waals surface area contributed by atoms with Crippen LogP contribution < -0.4 is 10.3 Å². The maximum Gasteiger partial charge on any atom is 0.258 e. The van der Waals surface area contributed by atoms with Gasteiger partial charge >= 0.3 is 0 Å². The Morgan fingerprint density at radius 3 is 2.86 bits per heavy atom. The molecule has 1 aromatic carbocycles. The van der Waals surface area contributed by atoms with Crippen molar-refractivity contribution in [3.8, 4) is 5.75 Å². The lowest BCUT2D eigenvalue weighted by Gasteiger charge is -2.07. The number of ether oxygens (including phenoxy) is 1. The second-order valence-electron chi connectivity index (χ2n) is 4.60. The summed E-state index contributed by atoms with van der Waals surface area (Å²) in [6, 6.07) is 10.7. The van der Waals surface area contributed by atoms with E-state index in [4.69, 9.17) is 4.74 Å². The van der Waals surface area contributed by atoms with E-state index in [0.717, 1.165) is 5.39 Å². The van der Waals surface area contributed by atoms with E-state index < -0.39 is 0 Å². The van der Waals surface area contributed by atoms with Crippen LogP contribution in [0.15, 0.2) is 52.8 Å². The fraction of sp³-hybridized carbons (Fsp3) is 0.125. The SMILES string of the molecule is COc1ccc2c(=O)n(CC(=O)c3cccs3)ccc2c1. The average Bonchev–Trinajstić information content (AvgIpc) is 3.04. The molecular weight excluding hydrogens is 286 g/mol. The third kappa shape index (κ3) is 2.60. The molecule has 0 saturated heterocycles. The number of thiophene rings is 1. The number of fused-ring (bicyclic) bond motifs is 1. The summed E-state index contributed by atoms with van der Waals surface area (Å²) < 4.78 is 6.59. The predicted molar refractivity (Wildman–Crippen MR) is 83.4 cm³/mol. The summed E-state index contributed by atoms with van der Waals surface area (Å²) in [5.41, 5.74) is -0.167. The van der Waals surface area contributed by atoms with Gasteiger partial charge in [-0.2, -0.15) is 0 Å². The van der Waals surface area contributed by atoms with Crippen LogP contribution in [0, 0.1) is 0 Å². The molecule has 4 nitrogen and oxygen atoms in total. The van der Waals surface area contributed by atoms with Gasteiger partial charge in [0.1, 0.15) is 5.75 Å². The Hall–Kier alpha value is -2.40. The molecule has 106 valence electrons. The van der Waals surface area contributed by atoms with Gasteiger partial charge in [-0.15, -0.1) is 11.3 Å². The lowest BCUT2D eigenvalue weighted by atomic mass is 10.1. The minimum Gasteiger partial charge on any atom is -0.497 e. The maximum atomic E-state index is 12.4. The van der Waals surface area contributed by atoms with Crippen molar-refractivity contribution in [2.24, 2.45) is 0 Å². The molecule has 0 saturated carbocycles. The number of benzene rings is 1. The first-order valence-electron chi connectivity index (χ1n) is 6.43. The Bertz CT molecular complexity index is 850. The molecule has 2 aromatic heterocycles. The fourth-order valence-electron chi connectivity index (χ4n) is 2.19. The summed E-state index contributed by atoms with van der Waals surface area (Å²) in [6.07, 6.45) is 1.65. The van der Waals surface area contributed by atoms with E-state index in [-0.39, 0.29) is 17.9 Å². The van der Waals surface area contributed by atoms with Gasteiger partial charge in [0, 0.05) is 11.6 Å². The Morgan fingerprint density at radius 2 is 2.14 bits per heavy atom. The quantitative estimate of drug-likeness (QED) is 0.696. The molecule has 0 amide bonds. The Morgan fingerprint density at radius 1 is 1.29 bits per heavy atom. The van der Waals surface area contributed by atoms with Crippen LogP contribution in [0.4, 0.5) is 0 Å². The molecule has 0 radical (unpaired) electrons. The summed E-state index contributed by atoms with van der Waals surface area (Å²) in [6.45, 7) is 0.0569. The molecule has 21 heavy (non-hydrogen) atoms. The van der Waals surface area contributed by atoms with Crippen LogP contribution in [-0.2, 0) is 6.54 Å². The molecular formula is C16H13NO3S. The first-order valence-corrected chi connectivity index (χ1v) is 7.31. The number of methoxy groups -OCH3 is 1. The molecule has 0 aliphatic heterocycles. The standard InChI is InChI=1S/C16H13NO3S/c1-20-12-4-5-13-11(9-12)6-7-17(16(13)19)10-14(18)15-3-2-8-21-15/h2-9H,10H2,1H3. The zero-order valence-corrected chi connectivity index (χ0v) is 12.2. The Balaban J connectivity index is 1.99. The van der Waals surface area contributed by atoms with Crippen molar-refractivity contribution in [2.45, 2.75) is 6.54 Å². The topological polar surface area (TPSA) is 48.3 Å². The minimum atomic E-state index is -0.167. The van der Waals surface area contributed by atoms with Crippen molar-refractivity contribution in [2.75, 3.05) is 7.11 Å². The van der Waals surface area contributed by atoms with Crippen molar-refractivity contribution < 1.29 is 9.53 Å². The van der Waals surface area contributed by atoms with Crippen molar-refractivity contribution in [1.82, 2.24) is 4.57 Å². The van der Waals surface area contributed by atoms with Crippen LogP contribution in [-0.4, -0.2) is 17.5 Å². The van der Waals surface area contributed by atoms with Gasteiger partial charge in [0.25, 0.3) is 5.56 Å². The zero-order valence-electron chi connectivity index (χ0n) is 11.4. The number of hydrogen-bond acceptors (Lipinski definition) is 4. The van der Waals surface area contributed by atoms with Gasteiger partial charge in [-0.3, -0.25) is 9.59 Å². The molecule has 0 N–H and O–H groups in total. The van der Waals surface area contributed by atoms with Gasteiger partial charge in [0.05, 0.1) is 18.5 Å². The summed E-state index contributed by atoms with van der Waals surface area (Å²) >= 11 is 1.38. The summed E-state index contributed by atoms with van der Waals surface area (Å²) in [4.78, 5) is 25.2. The van der Waals surface area contributed by atoms with E-state index in [9.17, 15) is 9.59 Å². The van der Waals surface area contributed by atoms with Crippen LogP contribution in [0.5, 0.6) is 5.75 Å². The predicted octanol–water partition coefficient (Wildman–Crippen LogP) is 2.95. The molecule has 0 spiro atoms. The maximum absolute atomic E-state index is 12.4. The van der Waals surface area contributed by atoms with Crippen molar-refractivity contribution in [3.05, 3.63) is 63.2 Å². The van der Waals surface area contributed by atoms with E-state index in [0.29, 0.717) is 16.0 Å². The van der Waals surface area contributed by atoms with Gasteiger partial charge < -0.3 is 9.30 Å². The van der Waals surface area contributed by atoms with Crippen LogP contribution in [0.3, 0.4) is 0 Å². The zero-order chi connectivity index (χ0) is 14.8. The monoisotopic (exact) mass is 299 g/mol. The molecule has 0 aliphatic carbocycles. The van der Waals surface area contributed by atoms with Crippen LogP contribution >= 0.6 is 11.3 Å². The van der Waals surface area contributed by atoms with Crippen LogP contribution in [0.25, 0.3) is 10.8 Å². The number of ketones is 1. The van der Waals surface area contributed by atoms with Crippen LogP contribution in [0.2, 0.25) is 0 Å². The van der Waals surface area contributed by atoms with E-state index >= 15 is 0 Å². The molecule has 5 heteroatoms. The Kier molecular flexibility index (Phi) is 3.58. The Labute approximate surface area is 125 Å². The number of rotatable bonds is 4. The highest BCUT2D eigenvalue weighted by Crippen LogP contribution is 2.18. The largest absolute Gasteiger partial charge is 0.497 e. The molecule has 0 aliphatic rings. The van der Waals surface area contributed by atoms with Crippen molar-refractivity contribution in [1.29, 1.82) is 0 Å². The van der Waals surface area contributed by atoms with E-state index in [1.54, 1.807) is 31.5 Å². The van der Waals surface area contributed by atoms with Crippen molar-refractivity contribution in [3.63, 3.8) is 0 Å². The lowest BCUT2D eigenvalue weighted by Crippen LogP contribution is -2.23. The first-order chi connectivity index (χ1) is 10.2. The second kappa shape index (κ2) is 5.54. The first kappa shape index (κ1) is 13.6. The number of aromatic nitrogens is 1. The number of carbonyl (C=O) groups is 1. The highest BCUT2D eigenvalue weighted by atomic mass is 32.1. The lowest BCUT2D eigenvalue weighted by molar-refractivity contribution is 0.0975. The van der Waals surface area contributed by atoms with Gasteiger partial charge in [-0.05, 0) is 41.1 Å². The third-order valence-electron chi connectivity index (χ3n) is 3.29. The molecule has 0 atom stereocenters. The summed E-state index contributed by atoms with van der Waals surface area (Å²) in [5.74, 6) is 0.647.